The number of hydrogen-bond acceptors (Lipinski definition) is 2. The van der Waals surface area contributed by atoms with E-state index in [0.717, 1.165) is 11.1 Å². The second-order valence-corrected chi connectivity index (χ2v) is 14.1. The number of rotatable bonds is 2. The zero-order valence-corrected chi connectivity index (χ0v) is 22.2. The first-order chi connectivity index (χ1) is 13.6. The number of allylic oxidation sites excluding steroid dienone is 4. The summed E-state index contributed by atoms with van der Waals surface area (Å²) in [5.41, 5.74) is -1.03. The molecule has 0 aromatic carbocycles. The summed E-state index contributed by atoms with van der Waals surface area (Å²) >= 11 is 0. The van der Waals surface area contributed by atoms with E-state index in [9.17, 15) is 10.2 Å². The molecule has 2 rings (SSSR count). The molecule has 176 valence electrons. The minimum Gasteiger partial charge on any atom is -0.385 e. The van der Waals surface area contributed by atoms with Gasteiger partial charge in [-0.15, -0.1) is 0 Å². The van der Waals surface area contributed by atoms with Gasteiger partial charge in [0.2, 0.25) is 0 Å². The largest absolute Gasteiger partial charge is 0.385 e. The van der Waals surface area contributed by atoms with Crippen LogP contribution in [0.25, 0.3) is 0 Å². The van der Waals surface area contributed by atoms with E-state index in [-0.39, 0.29) is 39.9 Å². The molecule has 0 saturated carbocycles. The third kappa shape index (κ3) is 4.96. The molecule has 0 unspecified atom stereocenters. The molecule has 2 aliphatic carbocycles. The van der Waals surface area contributed by atoms with Gasteiger partial charge in [-0.1, -0.05) is 120 Å². The highest BCUT2D eigenvalue weighted by Crippen LogP contribution is 2.56. The van der Waals surface area contributed by atoms with Crippen molar-refractivity contribution in [3.05, 3.63) is 47.6 Å². The smallest absolute Gasteiger partial charge is 0.0963 e. The highest BCUT2D eigenvalue weighted by atomic mass is 16.3. The Morgan fingerprint density at radius 3 is 1.13 bits per heavy atom. The van der Waals surface area contributed by atoms with E-state index >= 15 is 0 Å². The number of hydrogen-bond donors (Lipinski definition) is 2. The maximum Gasteiger partial charge on any atom is 0.0963 e. The average molecular weight is 429 g/mol. The minimum absolute atomic E-state index is 0.101. The van der Waals surface area contributed by atoms with Crippen molar-refractivity contribution in [1.29, 1.82) is 0 Å². The molecule has 0 heterocycles. The van der Waals surface area contributed by atoms with Crippen molar-refractivity contribution in [2.24, 2.45) is 33.5 Å². The molecule has 2 nitrogen and oxygen atoms in total. The summed E-state index contributed by atoms with van der Waals surface area (Å²) in [4.78, 5) is 0. The summed E-state index contributed by atoms with van der Waals surface area (Å²) < 4.78 is 0. The van der Waals surface area contributed by atoms with E-state index in [2.05, 4.69) is 120 Å². The molecule has 2 heteroatoms. The zero-order chi connectivity index (χ0) is 24.3. The van der Waals surface area contributed by atoms with Crippen molar-refractivity contribution >= 4 is 0 Å². The lowest BCUT2D eigenvalue weighted by Gasteiger charge is -2.56. The molecule has 0 fully saturated rings. The summed E-state index contributed by atoms with van der Waals surface area (Å²) in [6, 6.07) is 0. The van der Waals surface area contributed by atoms with Crippen molar-refractivity contribution < 1.29 is 10.2 Å². The van der Waals surface area contributed by atoms with Gasteiger partial charge in [0, 0.05) is 18.3 Å². The predicted molar refractivity (Wildman–Crippen MR) is 134 cm³/mol. The first kappa shape index (κ1) is 26.1. The average Bonchev–Trinajstić information content (AvgIpc) is 2.49. The van der Waals surface area contributed by atoms with Crippen LogP contribution in [-0.4, -0.2) is 21.4 Å². The van der Waals surface area contributed by atoms with Gasteiger partial charge in [0.05, 0.1) is 11.2 Å². The van der Waals surface area contributed by atoms with E-state index in [1.54, 1.807) is 0 Å². The van der Waals surface area contributed by atoms with Gasteiger partial charge in [0.1, 0.15) is 0 Å². The lowest BCUT2D eigenvalue weighted by atomic mass is 9.53. The molecule has 0 bridgehead atoms. The van der Waals surface area contributed by atoms with Crippen LogP contribution in [0.4, 0.5) is 0 Å². The lowest BCUT2D eigenvalue weighted by Crippen LogP contribution is -2.59. The quantitative estimate of drug-likeness (QED) is 0.486. The van der Waals surface area contributed by atoms with Crippen LogP contribution in [0.5, 0.6) is 0 Å². The summed E-state index contributed by atoms with van der Waals surface area (Å²) in [5, 5.41) is 25.2. The first-order valence-corrected chi connectivity index (χ1v) is 11.9. The molecule has 0 aliphatic heterocycles. The molecule has 4 atom stereocenters. The third-order valence-electron chi connectivity index (χ3n) is 7.12. The summed E-state index contributed by atoms with van der Waals surface area (Å²) in [7, 11) is 0. The maximum absolute atomic E-state index is 12.6. The van der Waals surface area contributed by atoms with Crippen LogP contribution in [0.15, 0.2) is 47.6 Å². The molecule has 2 aliphatic rings. The molecule has 0 aromatic rings. The van der Waals surface area contributed by atoms with Gasteiger partial charge in [-0.3, -0.25) is 0 Å². The van der Waals surface area contributed by atoms with Crippen LogP contribution in [0, 0.1) is 33.5 Å². The van der Waals surface area contributed by atoms with Crippen LogP contribution in [0.1, 0.15) is 89.5 Å². The normalized spacial score (nSPS) is 32.7. The minimum atomic E-state index is -1.15. The van der Waals surface area contributed by atoms with Gasteiger partial charge in [0.25, 0.3) is 0 Å². The van der Waals surface area contributed by atoms with Crippen molar-refractivity contribution in [1.82, 2.24) is 0 Å². The summed E-state index contributed by atoms with van der Waals surface area (Å²) in [6.45, 7) is 26.1. The lowest BCUT2D eigenvalue weighted by molar-refractivity contribution is -0.112. The van der Waals surface area contributed by atoms with E-state index in [1.807, 2.05) is 0 Å². The molecule has 2 N–H and O–H groups in total. The van der Waals surface area contributed by atoms with Crippen LogP contribution in [0.3, 0.4) is 0 Å². The molecule has 31 heavy (non-hydrogen) atoms. The molecular weight excluding hydrogens is 380 g/mol. The molecule has 0 saturated heterocycles. The second-order valence-electron chi connectivity index (χ2n) is 14.1. The highest BCUT2D eigenvalue weighted by Gasteiger charge is 2.57. The Hall–Kier alpha value is -1.12. The van der Waals surface area contributed by atoms with Gasteiger partial charge in [-0.05, 0) is 32.8 Å². The van der Waals surface area contributed by atoms with Gasteiger partial charge in [-0.2, -0.15) is 0 Å². The Labute approximate surface area is 192 Å². The SMILES string of the molecule is CC(C)(C)C1=CC=C[C@@H](C(C)(C)C)[C@@]1(O)C[C@]1(O)C(C(C)(C)C)=CC=C[C@H]1C(C)(C)C. The van der Waals surface area contributed by atoms with Gasteiger partial charge >= 0.3 is 0 Å². The number of aliphatic hydroxyl groups is 2. The Bertz CT molecular complexity index is 728. The van der Waals surface area contributed by atoms with E-state index < -0.39 is 11.2 Å². The predicted octanol–water partition coefficient (Wildman–Crippen LogP) is 7.25. The van der Waals surface area contributed by atoms with Gasteiger partial charge < -0.3 is 10.2 Å². The van der Waals surface area contributed by atoms with Crippen LogP contribution >= 0.6 is 0 Å². The van der Waals surface area contributed by atoms with Crippen molar-refractivity contribution in [2.45, 2.75) is 101 Å². The van der Waals surface area contributed by atoms with Gasteiger partial charge in [0.15, 0.2) is 0 Å². The standard InChI is InChI=1S/C29H48O2/c1-24(2,3)20-15-13-16-21(25(4,5)6)28(20,30)19-29(31)22(26(7,8)9)17-14-18-23(29)27(10,11)12/h13-18,20,22,30-31H,19H2,1-12H3/t20-,22-,28-,29+/m0/s1. The summed E-state index contributed by atoms with van der Waals surface area (Å²) in [6.07, 6.45) is 12.9. The van der Waals surface area contributed by atoms with E-state index in [1.165, 1.54) is 0 Å². The molecule has 0 spiro atoms. The molecule has 0 amide bonds. The Balaban J connectivity index is 2.77. The highest BCUT2D eigenvalue weighted by molar-refractivity contribution is 5.41. The van der Waals surface area contributed by atoms with E-state index in [0.29, 0.717) is 0 Å². The van der Waals surface area contributed by atoms with Crippen LogP contribution in [0.2, 0.25) is 0 Å². The van der Waals surface area contributed by atoms with Crippen molar-refractivity contribution in [2.75, 3.05) is 0 Å². The summed E-state index contributed by atoms with van der Waals surface area (Å²) in [5.74, 6) is -0.202. The monoisotopic (exact) mass is 428 g/mol. The van der Waals surface area contributed by atoms with Crippen molar-refractivity contribution in [3.8, 4) is 0 Å². The fourth-order valence-electron chi connectivity index (χ4n) is 6.10. The Morgan fingerprint density at radius 1 is 0.613 bits per heavy atom. The third-order valence-corrected chi connectivity index (χ3v) is 7.12. The van der Waals surface area contributed by atoms with Crippen LogP contribution in [-0.2, 0) is 0 Å². The Morgan fingerprint density at radius 2 is 0.903 bits per heavy atom. The fourth-order valence-corrected chi connectivity index (χ4v) is 6.10. The second kappa shape index (κ2) is 7.73. The maximum atomic E-state index is 12.6. The zero-order valence-electron chi connectivity index (χ0n) is 22.2. The van der Waals surface area contributed by atoms with E-state index in [4.69, 9.17) is 0 Å². The Kier molecular flexibility index (Phi) is 6.52. The first-order valence-electron chi connectivity index (χ1n) is 11.9. The topological polar surface area (TPSA) is 40.5 Å². The molecular formula is C29H48O2. The van der Waals surface area contributed by atoms with Crippen molar-refractivity contribution in [3.63, 3.8) is 0 Å². The fraction of sp³-hybridized carbons (Fsp3) is 0.724. The molecule has 0 radical (unpaired) electrons. The van der Waals surface area contributed by atoms with Crippen LogP contribution < -0.4 is 0 Å². The molecule has 0 aromatic heterocycles. The van der Waals surface area contributed by atoms with Gasteiger partial charge in [-0.25, -0.2) is 0 Å².